The Morgan fingerprint density at radius 3 is 2.63 bits per heavy atom. The molecule has 1 aromatic heterocycles. The molecule has 0 aliphatic carbocycles. The van der Waals surface area contributed by atoms with Gasteiger partial charge in [0.2, 0.25) is 5.78 Å². The molecular weight excluding hydrogens is 342 g/mol. The lowest BCUT2D eigenvalue weighted by atomic mass is 10.0. The van der Waals surface area contributed by atoms with Crippen molar-refractivity contribution in [2.45, 2.75) is 33.3 Å². The minimum absolute atomic E-state index is 0.0818. The molecule has 140 valence electrons. The van der Waals surface area contributed by atoms with Crippen LogP contribution in [0, 0.1) is 13.8 Å². The molecule has 0 aliphatic heterocycles. The number of ether oxygens (including phenoxy) is 2. The van der Waals surface area contributed by atoms with E-state index in [1.54, 1.807) is 6.92 Å². The summed E-state index contributed by atoms with van der Waals surface area (Å²) in [6.45, 7) is 5.62. The largest absolute Gasteiger partial charge is 0.493 e. The van der Waals surface area contributed by atoms with Gasteiger partial charge in [-0.2, -0.15) is 0 Å². The van der Waals surface area contributed by atoms with E-state index in [0.717, 1.165) is 22.2 Å². The van der Waals surface area contributed by atoms with Crippen molar-refractivity contribution in [2.24, 2.45) is 0 Å². The molecule has 3 aromatic rings. The van der Waals surface area contributed by atoms with Crippen LogP contribution in [0.25, 0.3) is 10.9 Å². The molecule has 0 saturated carbocycles. The van der Waals surface area contributed by atoms with Crippen molar-refractivity contribution in [2.75, 3.05) is 6.61 Å². The molecule has 0 fully saturated rings. The van der Waals surface area contributed by atoms with E-state index in [4.69, 9.17) is 9.47 Å². The predicted octanol–water partition coefficient (Wildman–Crippen LogP) is 4.37. The highest BCUT2D eigenvalue weighted by Crippen LogP contribution is 2.24. The fourth-order valence-corrected chi connectivity index (χ4v) is 3.06. The van der Waals surface area contributed by atoms with Crippen LogP contribution in [0.2, 0.25) is 0 Å². The monoisotopic (exact) mass is 365 g/mol. The van der Waals surface area contributed by atoms with E-state index in [1.165, 1.54) is 0 Å². The molecule has 2 aromatic carbocycles. The van der Waals surface area contributed by atoms with E-state index in [-0.39, 0.29) is 18.8 Å². The number of aromatic nitrogens is 1. The van der Waals surface area contributed by atoms with Crippen LogP contribution in [0.15, 0.2) is 48.5 Å². The molecule has 1 atom stereocenters. The van der Waals surface area contributed by atoms with E-state index >= 15 is 0 Å². The summed E-state index contributed by atoms with van der Waals surface area (Å²) >= 11 is 0. The third-order valence-corrected chi connectivity index (χ3v) is 4.38. The number of aryl methyl sites for hydroxylation is 2. The van der Waals surface area contributed by atoms with Gasteiger partial charge in [0.15, 0.2) is 6.10 Å². The summed E-state index contributed by atoms with van der Waals surface area (Å²) in [5.74, 6) is 0.0419. The number of Topliss-reactive ketones (excluding diaryl/α,β-unsaturated/α-hetero) is 1. The number of nitrogens with one attached hydrogen (secondary N) is 1. The summed E-state index contributed by atoms with van der Waals surface area (Å²) < 4.78 is 10.9. The number of hydrogen-bond acceptors (Lipinski definition) is 4. The highest BCUT2D eigenvalue weighted by atomic mass is 16.5. The van der Waals surface area contributed by atoms with E-state index in [2.05, 4.69) is 4.98 Å². The molecule has 27 heavy (non-hydrogen) atoms. The molecule has 0 amide bonds. The zero-order valence-corrected chi connectivity index (χ0v) is 15.7. The number of fused-ring (bicyclic) bond motifs is 1. The standard InChI is InChI=1S/C22H23NO4/c1-14-7-6-8-17(13-14)26-12-11-20(24)27-16(3)22(25)21-15(2)23-19-10-5-4-9-18(19)21/h4-10,13,16,23H,11-12H2,1-3H3/t16-/m1/s1. The second-order valence-electron chi connectivity index (χ2n) is 6.58. The normalized spacial score (nSPS) is 12.0. The lowest BCUT2D eigenvalue weighted by Crippen LogP contribution is -2.25. The minimum Gasteiger partial charge on any atom is -0.493 e. The van der Waals surface area contributed by atoms with Crippen LogP contribution in [0.1, 0.15) is 35.0 Å². The molecule has 0 saturated heterocycles. The first kappa shape index (κ1) is 18.7. The average molecular weight is 365 g/mol. The molecule has 0 bridgehead atoms. The topological polar surface area (TPSA) is 68.4 Å². The molecule has 5 heteroatoms. The number of para-hydroxylation sites is 1. The number of benzene rings is 2. The number of carbonyl (C=O) groups excluding carboxylic acids is 2. The van der Waals surface area contributed by atoms with Crippen molar-refractivity contribution in [1.29, 1.82) is 0 Å². The van der Waals surface area contributed by atoms with Gasteiger partial charge in [0.1, 0.15) is 5.75 Å². The first-order valence-corrected chi connectivity index (χ1v) is 8.96. The number of aromatic amines is 1. The smallest absolute Gasteiger partial charge is 0.309 e. The average Bonchev–Trinajstić information content (AvgIpc) is 2.96. The van der Waals surface area contributed by atoms with Gasteiger partial charge in [-0.1, -0.05) is 30.3 Å². The highest BCUT2D eigenvalue weighted by Gasteiger charge is 2.24. The molecular formula is C22H23NO4. The van der Waals surface area contributed by atoms with Gasteiger partial charge in [0.25, 0.3) is 0 Å². The van der Waals surface area contributed by atoms with Crippen molar-refractivity contribution in [3.63, 3.8) is 0 Å². The SMILES string of the molecule is Cc1cccc(OCCC(=O)O[C@H](C)C(=O)c2c(C)[nH]c3ccccc23)c1. The van der Waals surface area contributed by atoms with Gasteiger partial charge in [-0.3, -0.25) is 9.59 Å². The van der Waals surface area contributed by atoms with Gasteiger partial charge in [-0.05, 0) is 44.5 Å². The number of ketones is 1. The zero-order chi connectivity index (χ0) is 19.4. The maximum atomic E-state index is 12.8. The van der Waals surface area contributed by atoms with Crippen molar-refractivity contribution in [1.82, 2.24) is 4.98 Å². The zero-order valence-electron chi connectivity index (χ0n) is 15.7. The third kappa shape index (κ3) is 4.37. The lowest BCUT2D eigenvalue weighted by molar-refractivity contribution is -0.146. The number of H-pyrrole nitrogens is 1. The first-order valence-electron chi connectivity index (χ1n) is 8.96. The minimum atomic E-state index is -0.852. The van der Waals surface area contributed by atoms with E-state index in [1.807, 2.05) is 62.4 Å². The summed E-state index contributed by atoms with van der Waals surface area (Å²) in [4.78, 5) is 28.0. The quantitative estimate of drug-likeness (QED) is 0.499. The highest BCUT2D eigenvalue weighted by molar-refractivity contribution is 6.11. The Balaban J connectivity index is 1.57. The van der Waals surface area contributed by atoms with Gasteiger partial charge < -0.3 is 14.5 Å². The number of esters is 1. The van der Waals surface area contributed by atoms with Crippen molar-refractivity contribution in [3.8, 4) is 5.75 Å². The predicted molar refractivity (Wildman–Crippen MR) is 104 cm³/mol. The van der Waals surface area contributed by atoms with Crippen molar-refractivity contribution < 1.29 is 19.1 Å². The van der Waals surface area contributed by atoms with Gasteiger partial charge in [-0.25, -0.2) is 0 Å². The molecule has 0 aliphatic rings. The van der Waals surface area contributed by atoms with Crippen LogP contribution < -0.4 is 4.74 Å². The van der Waals surface area contributed by atoms with E-state index in [9.17, 15) is 9.59 Å². The van der Waals surface area contributed by atoms with Crippen LogP contribution in [-0.2, 0) is 9.53 Å². The summed E-state index contributed by atoms with van der Waals surface area (Å²) in [6.07, 6.45) is -0.771. The van der Waals surface area contributed by atoms with Crippen LogP contribution >= 0.6 is 0 Å². The maximum Gasteiger partial charge on any atom is 0.309 e. The molecule has 1 heterocycles. The summed E-state index contributed by atoms with van der Waals surface area (Å²) in [5.41, 5.74) is 3.32. The Hall–Kier alpha value is -3.08. The van der Waals surface area contributed by atoms with E-state index in [0.29, 0.717) is 11.3 Å². The second kappa shape index (κ2) is 8.08. The molecule has 0 unspecified atom stereocenters. The van der Waals surface area contributed by atoms with Crippen LogP contribution in [0.5, 0.6) is 5.75 Å². The van der Waals surface area contributed by atoms with E-state index < -0.39 is 12.1 Å². The Morgan fingerprint density at radius 2 is 1.85 bits per heavy atom. The Kier molecular flexibility index (Phi) is 5.60. The molecule has 5 nitrogen and oxygen atoms in total. The number of rotatable bonds is 7. The molecule has 0 spiro atoms. The van der Waals surface area contributed by atoms with Crippen LogP contribution in [0.3, 0.4) is 0 Å². The van der Waals surface area contributed by atoms with Crippen molar-refractivity contribution in [3.05, 3.63) is 65.4 Å². The fraction of sp³-hybridized carbons (Fsp3) is 0.273. The Labute approximate surface area is 158 Å². The number of hydrogen-bond donors (Lipinski definition) is 1. The number of carbonyl (C=O) groups is 2. The maximum absolute atomic E-state index is 12.8. The molecule has 1 N–H and O–H groups in total. The van der Waals surface area contributed by atoms with Gasteiger partial charge in [-0.15, -0.1) is 0 Å². The third-order valence-electron chi connectivity index (χ3n) is 4.38. The summed E-state index contributed by atoms with van der Waals surface area (Å²) in [6, 6.07) is 15.2. The second-order valence-corrected chi connectivity index (χ2v) is 6.58. The fourth-order valence-electron chi connectivity index (χ4n) is 3.06. The molecule has 3 rings (SSSR count). The van der Waals surface area contributed by atoms with Crippen LogP contribution in [-0.4, -0.2) is 29.4 Å². The Morgan fingerprint density at radius 1 is 1.07 bits per heavy atom. The van der Waals surface area contributed by atoms with Gasteiger partial charge >= 0.3 is 5.97 Å². The van der Waals surface area contributed by atoms with Crippen molar-refractivity contribution >= 4 is 22.7 Å². The Bertz CT molecular complexity index is 973. The van der Waals surface area contributed by atoms with Crippen LogP contribution in [0.4, 0.5) is 0 Å². The summed E-state index contributed by atoms with van der Waals surface area (Å²) in [5, 5.41) is 0.839. The molecule has 0 radical (unpaired) electrons. The van der Waals surface area contributed by atoms with Gasteiger partial charge in [0, 0.05) is 22.2 Å². The summed E-state index contributed by atoms with van der Waals surface area (Å²) in [7, 11) is 0. The van der Waals surface area contributed by atoms with Gasteiger partial charge in [0.05, 0.1) is 13.0 Å². The first-order chi connectivity index (χ1) is 13.0. The lowest BCUT2D eigenvalue weighted by Gasteiger charge is -2.13.